The van der Waals surface area contributed by atoms with Gasteiger partial charge in [-0.15, -0.1) is 16.4 Å². The van der Waals surface area contributed by atoms with Crippen LogP contribution in [0.4, 0.5) is 0 Å². The van der Waals surface area contributed by atoms with Crippen molar-refractivity contribution in [3.05, 3.63) is 20.0 Å². The molecule has 0 fully saturated rings. The van der Waals surface area contributed by atoms with Crippen molar-refractivity contribution >= 4 is 43.6 Å². The van der Waals surface area contributed by atoms with Gasteiger partial charge in [0.05, 0.1) is 11.2 Å². The van der Waals surface area contributed by atoms with Gasteiger partial charge in [-0.25, -0.2) is 14.5 Å². The van der Waals surface area contributed by atoms with Crippen molar-refractivity contribution in [2.45, 2.75) is 13.8 Å². The highest BCUT2D eigenvalue weighted by Gasteiger charge is 2.13. The summed E-state index contributed by atoms with van der Waals surface area (Å²) in [5, 5.41) is 5.33. The molecule has 4 nitrogen and oxygen atoms in total. The minimum atomic E-state index is 0.840. The first kappa shape index (κ1) is 10.4. The van der Waals surface area contributed by atoms with Gasteiger partial charge in [0.2, 0.25) is 4.96 Å². The molecule has 0 atom stereocenters. The minimum absolute atomic E-state index is 0.840. The van der Waals surface area contributed by atoms with Gasteiger partial charge < -0.3 is 0 Å². The number of hydrogen-bond acceptors (Lipinski definition) is 5. The lowest BCUT2D eigenvalue weighted by atomic mass is 10.3. The molecular weight excluding hydrogens is 308 g/mol. The van der Waals surface area contributed by atoms with Gasteiger partial charge in [-0.3, -0.25) is 0 Å². The Morgan fingerprint density at radius 3 is 2.69 bits per heavy atom. The van der Waals surface area contributed by atoms with E-state index < -0.39 is 0 Å². The third-order valence-corrected chi connectivity index (χ3v) is 4.41. The van der Waals surface area contributed by atoms with Gasteiger partial charge in [0.15, 0.2) is 3.92 Å². The van der Waals surface area contributed by atoms with Crippen LogP contribution in [-0.2, 0) is 0 Å². The number of aromatic nitrogens is 4. The maximum atomic E-state index is 4.51. The van der Waals surface area contributed by atoms with Crippen LogP contribution in [0.25, 0.3) is 16.3 Å². The number of imidazole rings is 1. The quantitative estimate of drug-likeness (QED) is 0.692. The number of aryl methyl sites for hydroxylation is 2. The van der Waals surface area contributed by atoms with E-state index in [1.165, 1.54) is 16.2 Å². The zero-order valence-electron chi connectivity index (χ0n) is 8.56. The SMILES string of the molecule is Cc1nc(-c2cn3nc(Br)sc3n2)c(C)s1. The molecule has 3 rings (SSSR count). The fourth-order valence-electron chi connectivity index (χ4n) is 1.56. The van der Waals surface area contributed by atoms with E-state index in [1.807, 2.05) is 13.1 Å². The fraction of sp³-hybridized carbons (Fsp3) is 0.222. The van der Waals surface area contributed by atoms with Crippen LogP contribution >= 0.6 is 38.6 Å². The molecule has 82 valence electrons. The second-order valence-electron chi connectivity index (χ2n) is 3.35. The fourth-order valence-corrected chi connectivity index (χ4v) is 3.60. The maximum Gasteiger partial charge on any atom is 0.213 e. The summed E-state index contributed by atoms with van der Waals surface area (Å²) in [4.78, 5) is 11.1. The molecule has 0 aliphatic carbocycles. The van der Waals surface area contributed by atoms with Crippen LogP contribution in [0, 0.1) is 13.8 Å². The van der Waals surface area contributed by atoms with Crippen molar-refractivity contribution in [3.8, 4) is 11.4 Å². The number of hydrogen-bond donors (Lipinski definition) is 0. The van der Waals surface area contributed by atoms with E-state index in [0.717, 1.165) is 25.3 Å². The summed E-state index contributed by atoms with van der Waals surface area (Å²) in [5.74, 6) is 0. The predicted molar refractivity (Wildman–Crippen MR) is 69.1 cm³/mol. The van der Waals surface area contributed by atoms with E-state index in [4.69, 9.17) is 0 Å². The van der Waals surface area contributed by atoms with Gasteiger partial charge in [-0.2, -0.15) is 0 Å². The van der Waals surface area contributed by atoms with E-state index in [0.29, 0.717) is 0 Å². The second kappa shape index (κ2) is 3.61. The number of nitrogens with zero attached hydrogens (tertiary/aromatic N) is 4. The highest BCUT2D eigenvalue weighted by Crippen LogP contribution is 2.28. The molecular formula is C9H7BrN4S2. The maximum absolute atomic E-state index is 4.51. The highest BCUT2D eigenvalue weighted by molar-refractivity contribution is 9.11. The third kappa shape index (κ3) is 1.59. The smallest absolute Gasteiger partial charge is 0.213 e. The molecule has 3 aromatic rings. The van der Waals surface area contributed by atoms with Crippen LogP contribution in [0.2, 0.25) is 0 Å². The van der Waals surface area contributed by atoms with Crippen LogP contribution in [-0.4, -0.2) is 19.6 Å². The summed E-state index contributed by atoms with van der Waals surface area (Å²) in [7, 11) is 0. The van der Waals surface area contributed by atoms with Crippen molar-refractivity contribution in [1.82, 2.24) is 19.6 Å². The Labute approximate surface area is 108 Å². The Kier molecular flexibility index (Phi) is 2.34. The first-order chi connectivity index (χ1) is 7.63. The Hall–Kier alpha value is -0.790. The van der Waals surface area contributed by atoms with Gasteiger partial charge in [-0.1, -0.05) is 11.3 Å². The number of thiazole rings is 1. The molecule has 0 unspecified atom stereocenters. The summed E-state index contributed by atoms with van der Waals surface area (Å²) >= 11 is 6.54. The molecule has 0 bridgehead atoms. The Bertz CT molecular complexity index is 635. The largest absolute Gasteiger partial charge is 0.240 e. The molecule has 0 N–H and O–H groups in total. The molecule has 0 amide bonds. The highest BCUT2D eigenvalue weighted by atomic mass is 79.9. The molecule has 3 aromatic heterocycles. The monoisotopic (exact) mass is 314 g/mol. The van der Waals surface area contributed by atoms with Gasteiger partial charge in [-0.05, 0) is 29.8 Å². The third-order valence-electron chi connectivity index (χ3n) is 2.16. The van der Waals surface area contributed by atoms with Gasteiger partial charge in [0.25, 0.3) is 0 Å². The van der Waals surface area contributed by atoms with E-state index in [-0.39, 0.29) is 0 Å². The average molecular weight is 315 g/mol. The van der Waals surface area contributed by atoms with Crippen LogP contribution in [0.1, 0.15) is 9.88 Å². The molecule has 0 aromatic carbocycles. The van der Waals surface area contributed by atoms with Crippen molar-refractivity contribution in [2.75, 3.05) is 0 Å². The molecule has 7 heteroatoms. The van der Waals surface area contributed by atoms with Crippen LogP contribution in [0.3, 0.4) is 0 Å². The molecule has 16 heavy (non-hydrogen) atoms. The summed E-state index contributed by atoms with van der Waals surface area (Å²) < 4.78 is 2.62. The van der Waals surface area contributed by atoms with Gasteiger partial charge in [0, 0.05) is 4.88 Å². The lowest BCUT2D eigenvalue weighted by Gasteiger charge is -1.89. The topological polar surface area (TPSA) is 43.1 Å². The lowest BCUT2D eigenvalue weighted by Crippen LogP contribution is -1.81. The van der Waals surface area contributed by atoms with Crippen molar-refractivity contribution in [2.24, 2.45) is 0 Å². The van der Waals surface area contributed by atoms with Crippen LogP contribution < -0.4 is 0 Å². The molecule has 0 saturated heterocycles. The van der Waals surface area contributed by atoms with Crippen molar-refractivity contribution in [3.63, 3.8) is 0 Å². The number of halogens is 1. The Morgan fingerprint density at radius 2 is 2.06 bits per heavy atom. The first-order valence-corrected chi connectivity index (χ1v) is 7.02. The zero-order valence-corrected chi connectivity index (χ0v) is 11.8. The average Bonchev–Trinajstić information content (AvgIpc) is 2.78. The van der Waals surface area contributed by atoms with Gasteiger partial charge in [0.1, 0.15) is 11.4 Å². The predicted octanol–water partition coefficient (Wildman–Crippen LogP) is 3.29. The standard InChI is InChI=1S/C9H7BrN4S2/c1-4-7(11-5(2)15-4)6-3-14-9(12-6)16-8(10)13-14/h3H,1-2H3. The van der Waals surface area contributed by atoms with E-state index in [1.54, 1.807) is 15.9 Å². The molecule has 3 heterocycles. The Balaban J connectivity index is 2.18. The summed E-state index contributed by atoms with van der Waals surface area (Å²) in [6.45, 7) is 4.07. The van der Waals surface area contributed by atoms with Crippen LogP contribution in [0.5, 0.6) is 0 Å². The van der Waals surface area contributed by atoms with Crippen molar-refractivity contribution < 1.29 is 0 Å². The number of fused-ring (bicyclic) bond motifs is 1. The lowest BCUT2D eigenvalue weighted by molar-refractivity contribution is 0.959. The van der Waals surface area contributed by atoms with E-state index >= 15 is 0 Å². The Morgan fingerprint density at radius 1 is 1.25 bits per heavy atom. The molecule has 0 aliphatic heterocycles. The molecule has 0 spiro atoms. The van der Waals surface area contributed by atoms with Crippen LogP contribution in [0.15, 0.2) is 10.1 Å². The minimum Gasteiger partial charge on any atom is -0.240 e. The second-order valence-corrected chi connectivity index (χ2v) is 6.99. The van der Waals surface area contributed by atoms with E-state index in [9.17, 15) is 0 Å². The normalized spacial score (nSPS) is 11.4. The van der Waals surface area contributed by atoms with E-state index in [2.05, 4.69) is 37.9 Å². The number of rotatable bonds is 1. The first-order valence-electron chi connectivity index (χ1n) is 4.59. The zero-order chi connectivity index (χ0) is 11.3. The summed E-state index contributed by atoms with van der Waals surface area (Å²) in [6.07, 6.45) is 1.91. The molecule has 0 saturated carbocycles. The van der Waals surface area contributed by atoms with Gasteiger partial charge >= 0.3 is 0 Å². The molecule has 0 aliphatic rings. The molecule has 0 radical (unpaired) electrons. The summed E-state index contributed by atoms with van der Waals surface area (Å²) in [5.41, 5.74) is 1.87. The van der Waals surface area contributed by atoms with Crippen molar-refractivity contribution in [1.29, 1.82) is 0 Å². The summed E-state index contributed by atoms with van der Waals surface area (Å²) in [6, 6.07) is 0.